The molecule has 1 atom stereocenters. The molecule has 0 saturated carbocycles. The van der Waals surface area contributed by atoms with Crippen molar-refractivity contribution in [2.24, 2.45) is 5.92 Å². The Kier molecular flexibility index (Phi) is 3.92. The lowest BCUT2D eigenvalue weighted by atomic mass is 10.0. The monoisotopic (exact) mass is 272 g/mol. The van der Waals surface area contributed by atoms with E-state index in [1.165, 1.54) is 6.07 Å². The van der Waals surface area contributed by atoms with Gasteiger partial charge in [-0.05, 0) is 43.4 Å². The number of nitrogen functional groups attached to an aromatic ring is 1. The normalized spacial score (nSPS) is 21.3. The first-order valence-corrected chi connectivity index (χ1v) is 6.59. The average Bonchev–Trinajstić information content (AvgIpc) is 2.53. The largest absolute Gasteiger partial charge is 0.416 e. The number of nitrogens with two attached hydrogens (primary N) is 1. The Balaban J connectivity index is 2.21. The van der Waals surface area contributed by atoms with Crippen molar-refractivity contribution >= 4 is 11.4 Å². The first-order valence-electron chi connectivity index (χ1n) is 6.59. The van der Waals surface area contributed by atoms with Gasteiger partial charge in [0, 0.05) is 13.1 Å². The summed E-state index contributed by atoms with van der Waals surface area (Å²) in [5.41, 5.74) is 6.05. The van der Waals surface area contributed by atoms with E-state index in [4.69, 9.17) is 5.73 Å². The molecule has 0 aliphatic carbocycles. The summed E-state index contributed by atoms with van der Waals surface area (Å²) in [5.74, 6) is 0.667. The number of alkyl halides is 3. The molecule has 0 radical (unpaired) electrons. The summed E-state index contributed by atoms with van der Waals surface area (Å²) in [4.78, 5) is 2.10. The summed E-state index contributed by atoms with van der Waals surface area (Å²) in [7, 11) is 0. The molecule has 1 saturated heterocycles. The van der Waals surface area contributed by atoms with E-state index in [-0.39, 0.29) is 5.69 Å². The standard InChI is InChI=1S/C14H19F3N2/c1-10-3-2-7-19(8-6-10)13-5-4-11(9-12(13)18)14(15,16)17/h4-5,9-10H,2-3,6-8,18H2,1H3. The van der Waals surface area contributed by atoms with Crippen LogP contribution in [0.3, 0.4) is 0 Å². The predicted octanol–water partition coefficient (Wildman–Crippen LogP) is 3.91. The van der Waals surface area contributed by atoms with Crippen LogP contribution in [0.15, 0.2) is 18.2 Å². The van der Waals surface area contributed by atoms with Crippen LogP contribution in [-0.4, -0.2) is 13.1 Å². The minimum atomic E-state index is -4.33. The molecule has 1 unspecified atom stereocenters. The average molecular weight is 272 g/mol. The number of halogens is 3. The fraction of sp³-hybridized carbons (Fsp3) is 0.571. The Morgan fingerprint density at radius 1 is 1.21 bits per heavy atom. The highest BCUT2D eigenvalue weighted by Gasteiger charge is 2.31. The van der Waals surface area contributed by atoms with Crippen molar-refractivity contribution < 1.29 is 13.2 Å². The van der Waals surface area contributed by atoms with Crippen molar-refractivity contribution in [1.29, 1.82) is 0 Å². The van der Waals surface area contributed by atoms with Gasteiger partial charge in [-0.25, -0.2) is 0 Å². The maximum absolute atomic E-state index is 12.6. The molecule has 1 fully saturated rings. The molecule has 2 nitrogen and oxygen atoms in total. The second-order valence-electron chi connectivity index (χ2n) is 5.29. The zero-order chi connectivity index (χ0) is 14.0. The lowest BCUT2D eigenvalue weighted by Gasteiger charge is -2.25. The minimum absolute atomic E-state index is 0.212. The Bertz CT molecular complexity index is 443. The predicted molar refractivity (Wildman–Crippen MR) is 71.1 cm³/mol. The van der Waals surface area contributed by atoms with E-state index >= 15 is 0 Å². The quantitative estimate of drug-likeness (QED) is 0.785. The van der Waals surface area contributed by atoms with Gasteiger partial charge in [-0.15, -0.1) is 0 Å². The second kappa shape index (κ2) is 5.31. The SMILES string of the molecule is CC1CCCN(c2ccc(C(F)(F)F)cc2N)CC1. The summed E-state index contributed by atoms with van der Waals surface area (Å²) in [5, 5.41) is 0. The molecule has 106 valence electrons. The van der Waals surface area contributed by atoms with E-state index < -0.39 is 11.7 Å². The van der Waals surface area contributed by atoms with Crippen LogP contribution in [0.4, 0.5) is 24.5 Å². The van der Waals surface area contributed by atoms with E-state index in [9.17, 15) is 13.2 Å². The Morgan fingerprint density at radius 3 is 2.58 bits per heavy atom. The van der Waals surface area contributed by atoms with Crippen LogP contribution in [-0.2, 0) is 6.18 Å². The molecule has 0 amide bonds. The van der Waals surface area contributed by atoms with E-state index in [0.29, 0.717) is 5.92 Å². The molecule has 19 heavy (non-hydrogen) atoms. The smallest absolute Gasteiger partial charge is 0.397 e. The summed E-state index contributed by atoms with van der Waals surface area (Å²) < 4.78 is 37.8. The lowest BCUT2D eigenvalue weighted by Crippen LogP contribution is -2.25. The van der Waals surface area contributed by atoms with Crippen molar-refractivity contribution in [2.45, 2.75) is 32.4 Å². The van der Waals surface area contributed by atoms with Gasteiger partial charge in [0.15, 0.2) is 0 Å². The molecule has 2 N–H and O–H groups in total. The van der Waals surface area contributed by atoms with Crippen LogP contribution in [0.25, 0.3) is 0 Å². The first kappa shape index (κ1) is 14.0. The van der Waals surface area contributed by atoms with Crippen LogP contribution in [0.1, 0.15) is 31.7 Å². The minimum Gasteiger partial charge on any atom is -0.397 e. The number of anilines is 2. The van der Waals surface area contributed by atoms with Crippen LogP contribution >= 0.6 is 0 Å². The van der Waals surface area contributed by atoms with E-state index in [0.717, 1.165) is 50.2 Å². The maximum atomic E-state index is 12.6. The zero-order valence-corrected chi connectivity index (χ0v) is 11.0. The second-order valence-corrected chi connectivity index (χ2v) is 5.29. The van der Waals surface area contributed by atoms with Crippen molar-refractivity contribution in [3.63, 3.8) is 0 Å². The first-order chi connectivity index (χ1) is 8.88. The molecule has 5 heteroatoms. The third-order valence-electron chi connectivity index (χ3n) is 3.71. The van der Waals surface area contributed by atoms with Gasteiger partial charge < -0.3 is 10.6 Å². The van der Waals surface area contributed by atoms with Gasteiger partial charge in [0.05, 0.1) is 16.9 Å². The number of hydrogen-bond acceptors (Lipinski definition) is 2. The van der Waals surface area contributed by atoms with Crippen LogP contribution < -0.4 is 10.6 Å². The Morgan fingerprint density at radius 2 is 1.95 bits per heavy atom. The molecular weight excluding hydrogens is 253 g/mol. The van der Waals surface area contributed by atoms with Crippen molar-refractivity contribution in [2.75, 3.05) is 23.7 Å². The number of nitrogens with zero attached hydrogens (tertiary/aromatic N) is 1. The summed E-state index contributed by atoms with van der Waals surface area (Å²) in [6.07, 6.45) is -1.06. The summed E-state index contributed by atoms with van der Waals surface area (Å²) in [6, 6.07) is 3.64. The highest BCUT2D eigenvalue weighted by Crippen LogP contribution is 2.34. The van der Waals surface area contributed by atoms with Gasteiger partial charge in [-0.1, -0.05) is 6.92 Å². The van der Waals surface area contributed by atoms with Gasteiger partial charge in [0.2, 0.25) is 0 Å². The summed E-state index contributed by atoms with van der Waals surface area (Å²) in [6.45, 7) is 3.93. The van der Waals surface area contributed by atoms with Gasteiger partial charge in [0.1, 0.15) is 0 Å². The molecular formula is C14H19F3N2. The van der Waals surface area contributed by atoms with Gasteiger partial charge in [-0.2, -0.15) is 13.2 Å². The van der Waals surface area contributed by atoms with Crippen LogP contribution in [0, 0.1) is 5.92 Å². The van der Waals surface area contributed by atoms with Gasteiger partial charge in [0.25, 0.3) is 0 Å². The van der Waals surface area contributed by atoms with E-state index in [1.54, 1.807) is 0 Å². The highest BCUT2D eigenvalue weighted by atomic mass is 19.4. The van der Waals surface area contributed by atoms with E-state index in [2.05, 4.69) is 11.8 Å². The fourth-order valence-electron chi connectivity index (χ4n) is 2.52. The lowest BCUT2D eigenvalue weighted by molar-refractivity contribution is -0.137. The van der Waals surface area contributed by atoms with Crippen molar-refractivity contribution in [1.82, 2.24) is 0 Å². The third-order valence-corrected chi connectivity index (χ3v) is 3.71. The molecule has 1 heterocycles. The Labute approximate surface area is 111 Å². The topological polar surface area (TPSA) is 29.3 Å². The number of hydrogen-bond donors (Lipinski definition) is 1. The highest BCUT2D eigenvalue weighted by molar-refractivity contribution is 5.68. The number of rotatable bonds is 1. The summed E-state index contributed by atoms with van der Waals surface area (Å²) >= 11 is 0. The Hall–Kier alpha value is -1.39. The molecule has 1 aliphatic heterocycles. The van der Waals surface area contributed by atoms with Crippen LogP contribution in [0.5, 0.6) is 0 Å². The fourth-order valence-corrected chi connectivity index (χ4v) is 2.52. The number of benzene rings is 1. The van der Waals surface area contributed by atoms with Crippen LogP contribution in [0.2, 0.25) is 0 Å². The molecule has 1 aromatic rings. The molecule has 0 bridgehead atoms. The zero-order valence-electron chi connectivity index (χ0n) is 11.0. The molecule has 2 rings (SSSR count). The maximum Gasteiger partial charge on any atom is 0.416 e. The van der Waals surface area contributed by atoms with Gasteiger partial charge in [-0.3, -0.25) is 0 Å². The molecule has 1 aromatic carbocycles. The van der Waals surface area contributed by atoms with Gasteiger partial charge >= 0.3 is 6.18 Å². The third kappa shape index (κ3) is 3.33. The van der Waals surface area contributed by atoms with Crippen molar-refractivity contribution in [3.05, 3.63) is 23.8 Å². The van der Waals surface area contributed by atoms with E-state index in [1.807, 2.05) is 0 Å². The van der Waals surface area contributed by atoms with Crippen molar-refractivity contribution in [3.8, 4) is 0 Å². The molecule has 1 aliphatic rings. The molecule has 0 aromatic heterocycles. The molecule has 0 spiro atoms.